The minimum atomic E-state index is -0.300. The molecule has 2 fully saturated rings. The van der Waals surface area contributed by atoms with Gasteiger partial charge in [-0.1, -0.05) is 31.0 Å². The summed E-state index contributed by atoms with van der Waals surface area (Å²) in [4.78, 5) is 0. The number of morpholine rings is 1. The first-order valence-electron chi connectivity index (χ1n) is 7.95. The van der Waals surface area contributed by atoms with Crippen molar-refractivity contribution in [3.8, 4) is 0 Å². The molecule has 0 radical (unpaired) electrons. The van der Waals surface area contributed by atoms with Crippen LogP contribution in [0.15, 0.2) is 18.2 Å². The average molecular weight is 312 g/mol. The highest BCUT2D eigenvalue weighted by Crippen LogP contribution is 2.41. The molecule has 1 aliphatic heterocycles. The van der Waals surface area contributed by atoms with Gasteiger partial charge in [0.2, 0.25) is 0 Å². The lowest BCUT2D eigenvalue weighted by atomic mass is 9.77. The van der Waals surface area contributed by atoms with Gasteiger partial charge in [-0.15, -0.1) is 0 Å². The van der Waals surface area contributed by atoms with Gasteiger partial charge in [0, 0.05) is 23.7 Å². The molecule has 116 valence electrons. The normalized spacial score (nSPS) is 33.3. The lowest BCUT2D eigenvalue weighted by Gasteiger charge is -2.46. The van der Waals surface area contributed by atoms with E-state index in [2.05, 4.69) is 12.2 Å². The number of ether oxygens (including phenoxy) is 1. The van der Waals surface area contributed by atoms with Gasteiger partial charge in [-0.05, 0) is 43.7 Å². The van der Waals surface area contributed by atoms with E-state index in [4.69, 9.17) is 16.3 Å². The second-order valence-corrected chi connectivity index (χ2v) is 6.85. The molecule has 0 amide bonds. The Hall–Kier alpha value is -0.640. The van der Waals surface area contributed by atoms with E-state index in [1.54, 1.807) is 6.07 Å². The molecule has 2 aliphatic rings. The quantitative estimate of drug-likeness (QED) is 0.869. The van der Waals surface area contributed by atoms with Crippen LogP contribution >= 0.6 is 11.6 Å². The number of rotatable bonds is 2. The zero-order valence-electron chi connectivity index (χ0n) is 12.5. The number of hydrogen-bond acceptors (Lipinski definition) is 2. The fourth-order valence-electron chi connectivity index (χ4n) is 3.66. The fourth-order valence-corrected chi connectivity index (χ4v) is 3.95. The third-order valence-electron chi connectivity index (χ3n) is 5.07. The molecule has 2 nitrogen and oxygen atoms in total. The van der Waals surface area contributed by atoms with Gasteiger partial charge in [0.1, 0.15) is 5.82 Å². The third kappa shape index (κ3) is 3.25. The molecule has 1 heterocycles. The topological polar surface area (TPSA) is 21.3 Å². The highest BCUT2D eigenvalue weighted by atomic mass is 35.5. The molecule has 21 heavy (non-hydrogen) atoms. The number of halogens is 2. The first-order chi connectivity index (χ1) is 10.1. The minimum absolute atomic E-state index is 0.0632. The predicted molar refractivity (Wildman–Crippen MR) is 83.1 cm³/mol. The molecule has 1 atom stereocenters. The maximum atomic E-state index is 13.2. The van der Waals surface area contributed by atoms with Crippen molar-refractivity contribution in [2.75, 3.05) is 13.1 Å². The van der Waals surface area contributed by atoms with Crippen LogP contribution in [-0.4, -0.2) is 18.7 Å². The van der Waals surface area contributed by atoms with Crippen molar-refractivity contribution in [3.63, 3.8) is 0 Å². The van der Waals surface area contributed by atoms with Crippen LogP contribution in [0, 0.1) is 11.7 Å². The molecule has 1 saturated heterocycles. The van der Waals surface area contributed by atoms with E-state index < -0.39 is 0 Å². The van der Waals surface area contributed by atoms with Crippen molar-refractivity contribution in [1.29, 1.82) is 0 Å². The fraction of sp³-hybridized carbons (Fsp3) is 0.647. The summed E-state index contributed by atoms with van der Waals surface area (Å²) in [5.74, 6) is 0.541. The third-order valence-corrected chi connectivity index (χ3v) is 5.40. The molecule has 1 aliphatic carbocycles. The summed E-state index contributed by atoms with van der Waals surface area (Å²) in [6, 6.07) is 4.58. The molecule has 1 aromatic carbocycles. The van der Waals surface area contributed by atoms with E-state index in [9.17, 15) is 4.39 Å². The van der Waals surface area contributed by atoms with Gasteiger partial charge >= 0.3 is 0 Å². The summed E-state index contributed by atoms with van der Waals surface area (Å²) in [5.41, 5.74) is 0.828. The Labute approximate surface area is 131 Å². The average Bonchev–Trinajstić information content (AvgIpc) is 2.48. The highest BCUT2D eigenvalue weighted by Gasteiger charge is 2.40. The minimum Gasteiger partial charge on any atom is -0.364 e. The summed E-state index contributed by atoms with van der Waals surface area (Å²) < 4.78 is 19.6. The van der Waals surface area contributed by atoms with Crippen molar-refractivity contribution < 1.29 is 9.13 Å². The summed E-state index contributed by atoms with van der Waals surface area (Å²) in [6.45, 7) is 3.92. The number of nitrogens with one attached hydrogen (secondary N) is 1. The van der Waals surface area contributed by atoms with Crippen LogP contribution in [0.5, 0.6) is 0 Å². The molecule has 1 unspecified atom stereocenters. The van der Waals surface area contributed by atoms with Crippen molar-refractivity contribution in [2.45, 2.75) is 50.7 Å². The maximum absolute atomic E-state index is 13.2. The highest BCUT2D eigenvalue weighted by molar-refractivity contribution is 6.31. The van der Waals surface area contributed by atoms with Gasteiger partial charge in [-0.3, -0.25) is 0 Å². The van der Waals surface area contributed by atoms with Crippen LogP contribution < -0.4 is 5.32 Å². The smallest absolute Gasteiger partial charge is 0.124 e. The number of hydrogen-bond donors (Lipinski definition) is 1. The molecule has 3 rings (SSSR count). The van der Waals surface area contributed by atoms with E-state index in [0.717, 1.165) is 37.4 Å². The molecule has 1 spiro atoms. The van der Waals surface area contributed by atoms with Crippen LogP contribution in [0.25, 0.3) is 0 Å². The van der Waals surface area contributed by atoms with Crippen LogP contribution in [0.4, 0.5) is 4.39 Å². The lowest BCUT2D eigenvalue weighted by molar-refractivity contribution is -0.141. The predicted octanol–water partition coefficient (Wildman–Crippen LogP) is 4.48. The van der Waals surface area contributed by atoms with Crippen molar-refractivity contribution in [3.05, 3.63) is 34.6 Å². The number of benzene rings is 1. The summed E-state index contributed by atoms with van der Waals surface area (Å²) in [7, 11) is 0. The summed E-state index contributed by atoms with van der Waals surface area (Å²) in [5, 5.41) is 3.95. The van der Waals surface area contributed by atoms with Gasteiger partial charge in [0.05, 0.1) is 11.7 Å². The summed E-state index contributed by atoms with van der Waals surface area (Å²) >= 11 is 6.19. The Morgan fingerprint density at radius 1 is 1.38 bits per heavy atom. The second-order valence-electron chi connectivity index (χ2n) is 6.44. The van der Waals surface area contributed by atoms with E-state index in [1.165, 1.54) is 31.4 Å². The molecule has 1 saturated carbocycles. The van der Waals surface area contributed by atoms with Crippen LogP contribution in [-0.2, 0) is 4.74 Å². The van der Waals surface area contributed by atoms with Crippen molar-refractivity contribution >= 4 is 11.6 Å². The van der Waals surface area contributed by atoms with Gasteiger partial charge in [-0.2, -0.15) is 0 Å². The van der Waals surface area contributed by atoms with Crippen LogP contribution in [0.3, 0.4) is 0 Å². The molecular formula is C17H23ClFNO. The van der Waals surface area contributed by atoms with E-state index in [-0.39, 0.29) is 17.5 Å². The Balaban J connectivity index is 1.74. The van der Waals surface area contributed by atoms with Gasteiger partial charge < -0.3 is 10.1 Å². The van der Waals surface area contributed by atoms with Gasteiger partial charge in [0.15, 0.2) is 0 Å². The molecule has 0 aromatic heterocycles. The van der Waals surface area contributed by atoms with E-state index in [1.807, 2.05) is 0 Å². The second kappa shape index (κ2) is 6.23. The Morgan fingerprint density at radius 2 is 2.14 bits per heavy atom. The van der Waals surface area contributed by atoms with Crippen LogP contribution in [0.2, 0.25) is 5.02 Å². The van der Waals surface area contributed by atoms with Crippen molar-refractivity contribution in [2.24, 2.45) is 5.92 Å². The first-order valence-corrected chi connectivity index (χ1v) is 8.33. The molecule has 0 bridgehead atoms. The Bertz CT molecular complexity index is 500. The van der Waals surface area contributed by atoms with E-state index in [0.29, 0.717) is 5.02 Å². The van der Waals surface area contributed by atoms with Gasteiger partial charge in [0.25, 0.3) is 0 Å². The molecule has 1 aromatic rings. The summed E-state index contributed by atoms with van der Waals surface area (Å²) in [6.07, 6.45) is 5.87. The van der Waals surface area contributed by atoms with Crippen LogP contribution in [0.1, 0.15) is 50.7 Å². The van der Waals surface area contributed by atoms with E-state index >= 15 is 0 Å². The lowest BCUT2D eigenvalue weighted by Crippen LogP contribution is -2.52. The zero-order valence-corrected chi connectivity index (χ0v) is 13.3. The Kier molecular flexibility index (Phi) is 4.53. The molecular weight excluding hydrogens is 289 g/mol. The molecule has 1 N–H and O–H groups in total. The standard InChI is InChI=1S/C17H23ClFNO/c1-2-12-5-7-17(8-6-12)11-20-10-16(21-17)14-4-3-13(19)9-15(14)18/h3-4,9,12,16,20H,2,5-8,10-11H2,1H3. The SMILES string of the molecule is CCC1CCC2(CC1)CNCC(c1ccc(F)cc1Cl)O2. The largest absolute Gasteiger partial charge is 0.364 e. The Morgan fingerprint density at radius 3 is 2.81 bits per heavy atom. The van der Waals surface area contributed by atoms with Crippen molar-refractivity contribution in [1.82, 2.24) is 5.32 Å². The zero-order chi connectivity index (χ0) is 14.9. The molecule has 4 heteroatoms. The monoisotopic (exact) mass is 311 g/mol. The first kappa shape index (κ1) is 15.3. The van der Waals surface area contributed by atoms with Gasteiger partial charge in [-0.25, -0.2) is 4.39 Å². The maximum Gasteiger partial charge on any atom is 0.124 e.